The monoisotopic (exact) mass is 543 g/mol. The number of hydrogen-bond acceptors (Lipinski definition) is 3. The lowest BCUT2D eigenvalue weighted by Crippen LogP contribution is -2.49. The zero-order chi connectivity index (χ0) is 27.5. The Morgan fingerprint density at radius 1 is 1.03 bits per heavy atom. The second-order valence-corrected chi connectivity index (χ2v) is 10.6. The Balaban J connectivity index is 1.44. The average molecular weight is 544 g/mol. The van der Waals surface area contributed by atoms with Crippen LogP contribution in [0.2, 0.25) is 5.02 Å². The molecule has 0 saturated carbocycles. The van der Waals surface area contributed by atoms with Gasteiger partial charge in [-0.1, -0.05) is 104 Å². The van der Waals surface area contributed by atoms with Crippen molar-refractivity contribution in [3.8, 4) is 0 Å². The molecular weight excluding hydrogens is 506 g/mol. The molecule has 3 aromatic rings. The summed E-state index contributed by atoms with van der Waals surface area (Å²) >= 11 is 5.94. The molecule has 0 aliphatic carbocycles. The molecule has 1 heterocycles. The Hall–Kier alpha value is -3.41. The summed E-state index contributed by atoms with van der Waals surface area (Å²) in [5.74, 6) is 0.0895. The molecule has 2 atom stereocenters. The van der Waals surface area contributed by atoms with Crippen molar-refractivity contribution >= 4 is 29.5 Å². The first-order chi connectivity index (χ1) is 19.0. The van der Waals surface area contributed by atoms with Crippen molar-refractivity contribution in [2.75, 3.05) is 19.6 Å². The topological polar surface area (TPSA) is 61.4 Å². The van der Waals surface area contributed by atoms with Gasteiger partial charge in [-0.05, 0) is 47.7 Å². The first-order valence-corrected chi connectivity index (χ1v) is 14.3. The Labute approximate surface area is 237 Å². The molecule has 204 valence electrons. The summed E-state index contributed by atoms with van der Waals surface area (Å²) in [5.41, 5.74) is 3.32. The number of nitrogens with one attached hydrogen (secondary N) is 2. The summed E-state index contributed by atoms with van der Waals surface area (Å²) < 4.78 is 0. The highest BCUT2D eigenvalue weighted by molar-refractivity contribution is 6.30. The lowest BCUT2D eigenvalue weighted by molar-refractivity contribution is -0.133. The van der Waals surface area contributed by atoms with Crippen LogP contribution in [0.25, 0.3) is 6.08 Å². The summed E-state index contributed by atoms with van der Waals surface area (Å²) in [6.07, 6.45) is 6.87. The highest BCUT2D eigenvalue weighted by Gasteiger charge is 2.32. The molecule has 0 spiro atoms. The SMILES string of the molecule is CCCC[C@@H]1N[C@H](CNC(=O)/C=C/c2ccc(Cl)cc2)CCN(CC(c2ccccc2)c2ccccc2)C1=O. The van der Waals surface area contributed by atoms with Crippen molar-refractivity contribution in [2.45, 2.75) is 50.6 Å². The molecule has 1 fully saturated rings. The van der Waals surface area contributed by atoms with Gasteiger partial charge in [-0.15, -0.1) is 0 Å². The zero-order valence-electron chi connectivity index (χ0n) is 22.6. The molecule has 5 nitrogen and oxygen atoms in total. The van der Waals surface area contributed by atoms with Crippen LogP contribution in [0.5, 0.6) is 0 Å². The zero-order valence-corrected chi connectivity index (χ0v) is 23.3. The summed E-state index contributed by atoms with van der Waals surface area (Å²) in [5, 5.41) is 7.25. The molecular formula is C33H38ClN3O2. The van der Waals surface area contributed by atoms with E-state index in [0.29, 0.717) is 24.7 Å². The predicted molar refractivity (Wildman–Crippen MR) is 160 cm³/mol. The van der Waals surface area contributed by atoms with E-state index in [1.54, 1.807) is 18.2 Å². The van der Waals surface area contributed by atoms with Gasteiger partial charge in [-0.25, -0.2) is 0 Å². The molecule has 0 bridgehead atoms. The molecule has 0 radical (unpaired) electrons. The van der Waals surface area contributed by atoms with Crippen LogP contribution in [0.15, 0.2) is 91.0 Å². The third-order valence-corrected chi connectivity index (χ3v) is 7.52. The van der Waals surface area contributed by atoms with Gasteiger partial charge in [-0.3, -0.25) is 9.59 Å². The van der Waals surface area contributed by atoms with Gasteiger partial charge in [0.1, 0.15) is 0 Å². The number of unbranched alkanes of at least 4 members (excludes halogenated alkanes) is 1. The number of carbonyl (C=O) groups excluding carboxylic acids is 2. The Bertz CT molecular complexity index is 1180. The summed E-state index contributed by atoms with van der Waals surface area (Å²) in [6.45, 7) is 3.88. The Kier molecular flexibility index (Phi) is 10.8. The molecule has 2 N–H and O–H groups in total. The molecule has 1 aliphatic heterocycles. The van der Waals surface area contributed by atoms with Crippen LogP contribution in [0.3, 0.4) is 0 Å². The number of hydrogen-bond donors (Lipinski definition) is 2. The molecule has 39 heavy (non-hydrogen) atoms. The molecule has 6 heteroatoms. The van der Waals surface area contributed by atoms with Crippen molar-refractivity contribution < 1.29 is 9.59 Å². The normalized spacial score (nSPS) is 17.9. The largest absolute Gasteiger partial charge is 0.351 e. The first kappa shape index (κ1) is 28.6. The van der Waals surface area contributed by atoms with Crippen molar-refractivity contribution in [2.24, 2.45) is 0 Å². The van der Waals surface area contributed by atoms with Gasteiger partial charge in [0.2, 0.25) is 11.8 Å². The first-order valence-electron chi connectivity index (χ1n) is 13.9. The second-order valence-electron chi connectivity index (χ2n) is 10.1. The number of rotatable bonds is 11. The number of halogens is 1. The minimum atomic E-state index is -0.258. The lowest BCUT2D eigenvalue weighted by Gasteiger charge is -2.29. The fraction of sp³-hybridized carbons (Fsp3) is 0.333. The van der Waals surface area contributed by atoms with Gasteiger partial charge >= 0.3 is 0 Å². The van der Waals surface area contributed by atoms with Gasteiger partial charge in [0.15, 0.2) is 0 Å². The predicted octanol–water partition coefficient (Wildman–Crippen LogP) is 6.05. The van der Waals surface area contributed by atoms with Crippen molar-refractivity contribution in [1.29, 1.82) is 0 Å². The smallest absolute Gasteiger partial charge is 0.244 e. The van der Waals surface area contributed by atoms with E-state index in [0.717, 1.165) is 31.2 Å². The Morgan fingerprint density at radius 3 is 2.28 bits per heavy atom. The minimum Gasteiger partial charge on any atom is -0.351 e. The fourth-order valence-corrected chi connectivity index (χ4v) is 5.19. The average Bonchev–Trinajstić information content (AvgIpc) is 3.12. The standard InChI is InChI=1S/C33H38ClN3O2/c1-2-3-14-31-33(39)37(24-30(26-10-6-4-7-11-26)27-12-8-5-9-13-27)22-21-29(36-31)23-35-32(38)20-17-25-15-18-28(34)19-16-25/h4-13,15-20,29-31,36H,2-3,14,21-24H2,1H3,(H,35,38)/b20-17+/t29-,31-/m0/s1. The van der Waals surface area contributed by atoms with E-state index in [-0.39, 0.29) is 29.8 Å². The molecule has 0 aromatic heterocycles. The maximum Gasteiger partial charge on any atom is 0.244 e. The summed E-state index contributed by atoms with van der Waals surface area (Å²) in [6, 6.07) is 27.9. The molecule has 2 amide bonds. The fourth-order valence-electron chi connectivity index (χ4n) is 5.06. The quantitative estimate of drug-likeness (QED) is 0.289. The maximum absolute atomic E-state index is 13.8. The van der Waals surface area contributed by atoms with E-state index < -0.39 is 0 Å². The second kappa shape index (κ2) is 14.7. The van der Waals surface area contributed by atoms with Gasteiger partial charge in [0, 0.05) is 42.7 Å². The highest BCUT2D eigenvalue weighted by atomic mass is 35.5. The number of nitrogens with zero attached hydrogens (tertiary/aromatic N) is 1. The van der Waals surface area contributed by atoms with Gasteiger partial charge in [-0.2, -0.15) is 0 Å². The number of benzene rings is 3. The van der Waals surface area contributed by atoms with E-state index in [2.05, 4.69) is 66.1 Å². The summed E-state index contributed by atoms with van der Waals surface area (Å²) in [7, 11) is 0. The molecule has 1 saturated heterocycles. The van der Waals surface area contributed by atoms with Gasteiger partial charge in [0.05, 0.1) is 6.04 Å². The van der Waals surface area contributed by atoms with Gasteiger partial charge < -0.3 is 15.5 Å². The molecule has 3 aromatic carbocycles. The number of amides is 2. The van der Waals surface area contributed by atoms with Crippen LogP contribution in [0.1, 0.15) is 55.2 Å². The lowest BCUT2D eigenvalue weighted by atomic mass is 9.90. The molecule has 4 rings (SSSR count). The van der Waals surface area contributed by atoms with E-state index in [1.165, 1.54) is 17.2 Å². The van der Waals surface area contributed by atoms with Crippen LogP contribution in [0.4, 0.5) is 0 Å². The van der Waals surface area contributed by atoms with Crippen molar-refractivity contribution in [3.05, 3.63) is 113 Å². The van der Waals surface area contributed by atoms with Crippen LogP contribution < -0.4 is 10.6 Å². The van der Waals surface area contributed by atoms with E-state index in [9.17, 15) is 9.59 Å². The van der Waals surface area contributed by atoms with E-state index in [1.807, 2.05) is 29.2 Å². The Morgan fingerprint density at radius 2 is 1.67 bits per heavy atom. The van der Waals surface area contributed by atoms with Crippen LogP contribution >= 0.6 is 11.6 Å². The van der Waals surface area contributed by atoms with Crippen LogP contribution in [0, 0.1) is 0 Å². The van der Waals surface area contributed by atoms with Crippen molar-refractivity contribution in [1.82, 2.24) is 15.5 Å². The number of carbonyl (C=O) groups is 2. The summed E-state index contributed by atoms with van der Waals surface area (Å²) in [4.78, 5) is 28.3. The van der Waals surface area contributed by atoms with Crippen LogP contribution in [-0.4, -0.2) is 48.4 Å². The molecule has 1 aliphatic rings. The van der Waals surface area contributed by atoms with Crippen molar-refractivity contribution in [3.63, 3.8) is 0 Å². The van der Waals surface area contributed by atoms with E-state index >= 15 is 0 Å². The third kappa shape index (κ3) is 8.54. The molecule has 0 unspecified atom stereocenters. The third-order valence-electron chi connectivity index (χ3n) is 7.27. The minimum absolute atomic E-state index is 0.0144. The maximum atomic E-state index is 13.8. The van der Waals surface area contributed by atoms with Crippen LogP contribution in [-0.2, 0) is 9.59 Å². The highest BCUT2D eigenvalue weighted by Crippen LogP contribution is 2.27. The van der Waals surface area contributed by atoms with Gasteiger partial charge in [0.25, 0.3) is 0 Å². The van der Waals surface area contributed by atoms with E-state index in [4.69, 9.17) is 11.6 Å².